The van der Waals surface area contributed by atoms with Crippen molar-refractivity contribution in [3.05, 3.63) is 95.2 Å². The van der Waals surface area contributed by atoms with Crippen molar-refractivity contribution in [3.8, 4) is 0 Å². The molecule has 0 spiro atoms. The summed E-state index contributed by atoms with van der Waals surface area (Å²) in [4.78, 5) is 11.7. The van der Waals surface area contributed by atoms with Crippen molar-refractivity contribution < 1.29 is 4.79 Å². The monoisotopic (exact) mass is 348 g/mol. The molecule has 0 aliphatic heterocycles. The maximum Gasteiger partial charge on any atom is 0.158 e. The van der Waals surface area contributed by atoms with Gasteiger partial charge in [0.2, 0.25) is 0 Å². The molecule has 1 nitrogen and oxygen atoms in total. The Morgan fingerprint density at radius 2 is 1.27 bits per heavy atom. The maximum absolute atomic E-state index is 11.7. The summed E-state index contributed by atoms with van der Waals surface area (Å²) in [6.45, 7) is 8.26. The van der Waals surface area contributed by atoms with E-state index in [4.69, 9.17) is 0 Å². The Labute approximate surface area is 159 Å². The second kappa shape index (κ2) is 12.9. The Morgan fingerprint density at radius 3 is 1.88 bits per heavy atom. The molecule has 0 aromatic heterocycles. The van der Waals surface area contributed by atoms with E-state index in [9.17, 15) is 4.79 Å². The number of allylic oxidation sites excluding steroid dienone is 16. The number of hydrogen-bond donors (Lipinski definition) is 0. The summed E-state index contributed by atoms with van der Waals surface area (Å²) in [7, 11) is 0. The van der Waals surface area contributed by atoms with Crippen LogP contribution >= 0.6 is 0 Å². The second-order valence-corrected chi connectivity index (χ2v) is 6.66. The first kappa shape index (κ1) is 21.6. The van der Waals surface area contributed by atoms with Crippen molar-refractivity contribution in [1.29, 1.82) is 0 Å². The minimum Gasteiger partial charge on any atom is -0.295 e. The maximum atomic E-state index is 11.7. The van der Waals surface area contributed by atoms with Crippen molar-refractivity contribution in [2.24, 2.45) is 0 Å². The minimum absolute atomic E-state index is 0.312. The Bertz CT molecular complexity index is 700. The molecule has 1 aliphatic carbocycles. The van der Waals surface area contributed by atoms with Gasteiger partial charge in [-0.15, -0.1) is 0 Å². The van der Waals surface area contributed by atoms with Crippen molar-refractivity contribution >= 4 is 5.78 Å². The third-order valence-electron chi connectivity index (χ3n) is 4.09. The number of carbonyl (C=O) groups is 1. The fourth-order valence-electron chi connectivity index (χ4n) is 2.59. The summed E-state index contributed by atoms with van der Waals surface area (Å²) in [6.07, 6.45) is 28.4. The molecule has 0 N–H and O–H groups in total. The predicted octanol–water partition coefficient (Wildman–Crippen LogP) is 7.14. The SMILES string of the molecule is C/C=C/C(C)=C/C=C/C(C)=C\C=C/C=C(C)/C=C/C=C1\CCCCC1=O. The molecule has 138 valence electrons. The van der Waals surface area contributed by atoms with Crippen molar-refractivity contribution in [3.63, 3.8) is 0 Å². The van der Waals surface area contributed by atoms with Gasteiger partial charge >= 0.3 is 0 Å². The van der Waals surface area contributed by atoms with E-state index in [0.29, 0.717) is 12.2 Å². The molecule has 1 rings (SSSR count). The molecule has 26 heavy (non-hydrogen) atoms. The zero-order chi connectivity index (χ0) is 19.2. The molecule has 0 bridgehead atoms. The Morgan fingerprint density at radius 1 is 0.731 bits per heavy atom. The van der Waals surface area contributed by atoms with Gasteiger partial charge in [0.15, 0.2) is 5.78 Å². The molecule has 1 fully saturated rings. The van der Waals surface area contributed by atoms with Gasteiger partial charge in [0.1, 0.15) is 0 Å². The molecule has 0 aromatic carbocycles. The molecule has 0 unspecified atom stereocenters. The fourth-order valence-corrected chi connectivity index (χ4v) is 2.59. The summed E-state index contributed by atoms with van der Waals surface area (Å²) >= 11 is 0. The highest BCUT2D eigenvalue weighted by Crippen LogP contribution is 2.19. The molecule has 1 aliphatic rings. The average Bonchev–Trinajstić information content (AvgIpc) is 2.60. The van der Waals surface area contributed by atoms with E-state index in [1.807, 2.05) is 43.4 Å². The van der Waals surface area contributed by atoms with Crippen LogP contribution in [0.3, 0.4) is 0 Å². The largest absolute Gasteiger partial charge is 0.295 e. The van der Waals surface area contributed by atoms with Crippen molar-refractivity contribution in [1.82, 2.24) is 0 Å². The lowest BCUT2D eigenvalue weighted by Crippen LogP contribution is -2.07. The molecule has 1 heteroatoms. The Balaban J connectivity index is 2.53. The predicted molar refractivity (Wildman–Crippen MR) is 115 cm³/mol. The Hall–Kier alpha value is -2.41. The molecule has 0 atom stereocenters. The molecular formula is C25H32O. The summed E-state index contributed by atoms with van der Waals surface area (Å²) < 4.78 is 0. The smallest absolute Gasteiger partial charge is 0.158 e. The third kappa shape index (κ3) is 9.78. The van der Waals surface area contributed by atoms with Crippen LogP contribution < -0.4 is 0 Å². The zero-order valence-electron chi connectivity index (χ0n) is 16.7. The third-order valence-corrected chi connectivity index (χ3v) is 4.09. The molecule has 1 saturated carbocycles. The first-order chi connectivity index (χ1) is 12.5. The number of rotatable bonds is 7. The van der Waals surface area contributed by atoms with E-state index in [2.05, 4.69) is 57.2 Å². The lowest BCUT2D eigenvalue weighted by atomic mass is 9.93. The van der Waals surface area contributed by atoms with Gasteiger partial charge in [0.05, 0.1) is 0 Å². The van der Waals surface area contributed by atoms with Gasteiger partial charge < -0.3 is 0 Å². The van der Waals surface area contributed by atoms with E-state index in [1.165, 1.54) is 11.1 Å². The van der Waals surface area contributed by atoms with Crippen LogP contribution in [0.5, 0.6) is 0 Å². The summed E-state index contributed by atoms with van der Waals surface area (Å²) in [6, 6.07) is 0. The first-order valence-electron chi connectivity index (χ1n) is 9.43. The van der Waals surface area contributed by atoms with Gasteiger partial charge in [-0.3, -0.25) is 4.79 Å². The highest BCUT2D eigenvalue weighted by Gasteiger charge is 2.13. The van der Waals surface area contributed by atoms with Gasteiger partial charge in [-0.25, -0.2) is 0 Å². The summed E-state index contributed by atoms with van der Waals surface area (Å²) in [5.41, 5.74) is 4.57. The van der Waals surface area contributed by atoms with Crippen molar-refractivity contribution in [2.75, 3.05) is 0 Å². The highest BCUT2D eigenvalue weighted by molar-refractivity contribution is 5.96. The average molecular weight is 349 g/mol. The normalized spacial score (nSPS) is 19.9. The standard InChI is InChI=1S/C25H32O/c1-5-12-21(2)15-10-16-22(3)13-6-7-14-23(4)17-11-19-24-18-8-9-20-25(24)26/h5-7,10-17,19H,8-9,18,20H2,1-4H3/b7-6-,12-5+,16-10+,17-11+,21-15+,22-13-,23-14+,24-19+. The van der Waals surface area contributed by atoms with Gasteiger partial charge in [0, 0.05) is 6.42 Å². The molecular weight excluding hydrogens is 316 g/mol. The summed E-state index contributed by atoms with van der Waals surface area (Å²) in [5, 5.41) is 0. The number of hydrogen-bond acceptors (Lipinski definition) is 1. The van der Waals surface area contributed by atoms with E-state index < -0.39 is 0 Å². The van der Waals surface area contributed by atoms with Gasteiger partial charge in [-0.1, -0.05) is 89.6 Å². The lowest BCUT2D eigenvalue weighted by molar-refractivity contribution is -0.116. The second-order valence-electron chi connectivity index (χ2n) is 6.66. The van der Waals surface area contributed by atoms with Crippen LogP contribution in [0.25, 0.3) is 0 Å². The van der Waals surface area contributed by atoms with E-state index in [0.717, 1.165) is 30.4 Å². The van der Waals surface area contributed by atoms with Crippen LogP contribution in [0.4, 0.5) is 0 Å². The number of ketones is 1. The quantitative estimate of drug-likeness (QED) is 0.353. The topological polar surface area (TPSA) is 17.1 Å². The minimum atomic E-state index is 0.312. The lowest BCUT2D eigenvalue weighted by Gasteiger charge is -2.11. The Kier molecular flexibility index (Phi) is 10.7. The van der Waals surface area contributed by atoms with Crippen LogP contribution in [0.1, 0.15) is 53.4 Å². The van der Waals surface area contributed by atoms with Crippen LogP contribution in [0.15, 0.2) is 95.2 Å². The van der Waals surface area contributed by atoms with E-state index >= 15 is 0 Å². The summed E-state index contributed by atoms with van der Waals surface area (Å²) in [5.74, 6) is 0.312. The van der Waals surface area contributed by atoms with Crippen LogP contribution in [0, 0.1) is 0 Å². The van der Waals surface area contributed by atoms with Gasteiger partial charge in [-0.05, 0) is 52.5 Å². The molecule has 0 radical (unpaired) electrons. The van der Waals surface area contributed by atoms with Crippen molar-refractivity contribution in [2.45, 2.75) is 53.4 Å². The zero-order valence-corrected chi connectivity index (χ0v) is 16.7. The van der Waals surface area contributed by atoms with Gasteiger partial charge in [0.25, 0.3) is 0 Å². The van der Waals surface area contributed by atoms with E-state index in [-0.39, 0.29) is 0 Å². The van der Waals surface area contributed by atoms with Crippen LogP contribution in [-0.2, 0) is 4.79 Å². The number of carbonyl (C=O) groups excluding carboxylic acids is 1. The molecule has 0 amide bonds. The molecule has 0 heterocycles. The number of Topliss-reactive ketones (excluding diaryl/α,β-unsaturated/α-hetero) is 1. The van der Waals surface area contributed by atoms with Gasteiger partial charge in [-0.2, -0.15) is 0 Å². The highest BCUT2D eigenvalue weighted by atomic mass is 16.1. The first-order valence-corrected chi connectivity index (χ1v) is 9.43. The van der Waals surface area contributed by atoms with Crippen LogP contribution in [-0.4, -0.2) is 5.78 Å². The fraction of sp³-hybridized carbons (Fsp3) is 0.320. The van der Waals surface area contributed by atoms with Crippen LogP contribution in [0.2, 0.25) is 0 Å². The molecule has 0 aromatic rings. The van der Waals surface area contributed by atoms with E-state index in [1.54, 1.807) is 0 Å². The molecule has 0 saturated heterocycles.